The number of amides is 1. The average Bonchev–Trinajstić information content (AvgIpc) is 2.41. The molecule has 1 rings (SSSR count). The predicted octanol–water partition coefficient (Wildman–Crippen LogP) is 2.74. The number of carbonyl (C=O) groups is 2. The second-order valence-corrected chi connectivity index (χ2v) is 3.89. The fraction of sp³-hybridized carbons (Fsp3) is 0.231. The van der Waals surface area contributed by atoms with Crippen molar-refractivity contribution in [3.63, 3.8) is 0 Å². The van der Waals surface area contributed by atoms with Gasteiger partial charge in [-0.15, -0.1) is 0 Å². The summed E-state index contributed by atoms with van der Waals surface area (Å²) in [5, 5.41) is 10.9. The Kier molecular flexibility index (Phi) is 5.34. The van der Waals surface area contributed by atoms with Crippen molar-refractivity contribution in [2.75, 3.05) is 6.61 Å². The molecule has 0 aliphatic heterocycles. The standard InChI is InChI=1S/C13H12F3NO4/c1-2-7-21-12(20)17-10(11(18)19)8-5-3-4-6-9(8)13(14,15)16/h2-6,10H,1,7H2,(H,17,20)(H,18,19). The van der Waals surface area contributed by atoms with Crippen LogP contribution in [-0.4, -0.2) is 23.8 Å². The summed E-state index contributed by atoms with van der Waals surface area (Å²) in [4.78, 5) is 22.5. The molecule has 0 saturated carbocycles. The number of alkyl halides is 3. The average molecular weight is 303 g/mol. The lowest BCUT2D eigenvalue weighted by Crippen LogP contribution is -2.35. The topological polar surface area (TPSA) is 75.6 Å². The number of aliphatic carboxylic acids is 1. The Morgan fingerprint density at radius 3 is 2.52 bits per heavy atom. The van der Waals surface area contributed by atoms with Gasteiger partial charge in [-0.1, -0.05) is 30.9 Å². The van der Waals surface area contributed by atoms with Crippen LogP contribution in [0.4, 0.5) is 18.0 Å². The minimum atomic E-state index is -4.74. The minimum Gasteiger partial charge on any atom is -0.479 e. The van der Waals surface area contributed by atoms with Crippen molar-refractivity contribution in [3.05, 3.63) is 48.0 Å². The number of alkyl carbamates (subject to hydrolysis) is 1. The first-order valence-electron chi connectivity index (χ1n) is 5.70. The third-order valence-corrected chi connectivity index (χ3v) is 2.42. The van der Waals surface area contributed by atoms with Gasteiger partial charge in [0, 0.05) is 0 Å². The molecule has 1 aromatic rings. The van der Waals surface area contributed by atoms with Crippen molar-refractivity contribution in [2.45, 2.75) is 12.2 Å². The zero-order valence-electron chi connectivity index (χ0n) is 10.7. The van der Waals surface area contributed by atoms with E-state index in [2.05, 4.69) is 11.3 Å². The number of rotatable bonds is 5. The molecule has 0 saturated heterocycles. The van der Waals surface area contributed by atoms with Crippen LogP contribution in [0.5, 0.6) is 0 Å². The SMILES string of the molecule is C=CCOC(=O)NC(C(=O)O)c1ccccc1C(F)(F)F. The van der Waals surface area contributed by atoms with E-state index >= 15 is 0 Å². The summed E-state index contributed by atoms with van der Waals surface area (Å²) in [5.41, 5.74) is -1.71. The Morgan fingerprint density at radius 1 is 1.38 bits per heavy atom. The number of halogens is 3. The number of benzene rings is 1. The Hall–Kier alpha value is -2.51. The van der Waals surface area contributed by atoms with E-state index in [1.807, 2.05) is 5.32 Å². The first-order chi connectivity index (χ1) is 9.77. The van der Waals surface area contributed by atoms with Crippen LogP contribution in [0.3, 0.4) is 0 Å². The van der Waals surface area contributed by atoms with Gasteiger partial charge in [-0.25, -0.2) is 9.59 Å². The molecular weight excluding hydrogens is 291 g/mol. The lowest BCUT2D eigenvalue weighted by atomic mass is 10.00. The maximum atomic E-state index is 12.9. The van der Waals surface area contributed by atoms with Crippen molar-refractivity contribution in [1.29, 1.82) is 0 Å². The quantitative estimate of drug-likeness (QED) is 0.820. The second kappa shape index (κ2) is 6.78. The van der Waals surface area contributed by atoms with E-state index in [4.69, 9.17) is 5.11 Å². The van der Waals surface area contributed by atoms with Gasteiger partial charge in [0.15, 0.2) is 6.04 Å². The van der Waals surface area contributed by atoms with E-state index in [9.17, 15) is 22.8 Å². The van der Waals surface area contributed by atoms with Gasteiger partial charge in [-0.3, -0.25) is 0 Å². The summed E-state index contributed by atoms with van der Waals surface area (Å²) in [6.45, 7) is 3.09. The molecule has 2 N–H and O–H groups in total. The molecule has 1 aromatic carbocycles. The van der Waals surface area contributed by atoms with Crippen LogP contribution in [0.25, 0.3) is 0 Å². The molecular formula is C13H12F3NO4. The van der Waals surface area contributed by atoms with E-state index in [0.29, 0.717) is 0 Å². The number of ether oxygens (including phenoxy) is 1. The van der Waals surface area contributed by atoms with Crippen molar-refractivity contribution in [2.24, 2.45) is 0 Å². The van der Waals surface area contributed by atoms with Crippen LogP contribution in [0.1, 0.15) is 17.2 Å². The smallest absolute Gasteiger partial charge is 0.416 e. The zero-order valence-corrected chi connectivity index (χ0v) is 10.7. The van der Waals surface area contributed by atoms with Gasteiger partial charge in [0.25, 0.3) is 0 Å². The Labute approximate surface area is 118 Å². The fourth-order valence-electron chi connectivity index (χ4n) is 1.57. The van der Waals surface area contributed by atoms with Crippen molar-refractivity contribution in [1.82, 2.24) is 5.32 Å². The van der Waals surface area contributed by atoms with Crippen molar-refractivity contribution >= 4 is 12.1 Å². The Balaban J connectivity index is 3.10. The largest absolute Gasteiger partial charge is 0.479 e. The monoisotopic (exact) mass is 303 g/mol. The molecule has 0 bridgehead atoms. The molecule has 0 heterocycles. The van der Waals surface area contributed by atoms with Gasteiger partial charge in [0.05, 0.1) is 5.56 Å². The molecule has 21 heavy (non-hydrogen) atoms. The summed E-state index contributed by atoms with van der Waals surface area (Å²) >= 11 is 0. The lowest BCUT2D eigenvalue weighted by molar-refractivity contribution is -0.142. The maximum Gasteiger partial charge on any atom is 0.416 e. The highest BCUT2D eigenvalue weighted by atomic mass is 19.4. The maximum absolute atomic E-state index is 12.9. The zero-order chi connectivity index (χ0) is 16.0. The number of carboxylic acids is 1. The molecule has 0 aromatic heterocycles. The molecule has 0 aliphatic carbocycles. The van der Waals surface area contributed by atoms with Crippen LogP contribution < -0.4 is 5.32 Å². The van der Waals surface area contributed by atoms with E-state index < -0.39 is 35.4 Å². The molecule has 1 unspecified atom stereocenters. The summed E-state index contributed by atoms with van der Waals surface area (Å²) in [5.74, 6) is -1.64. The third-order valence-electron chi connectivity index (χ3n) is 2.42. The van der Waals surface area contributed by atoms with E-state index in [-0.39, 0.29) is 6.61 Å². The normalized spacial score (nSPS) is 12.3. The highest BCUT2D eigenvalue weighted by Gasteiger charge is 2.37. The number of hydrogen-bond acceptors (Lipinski definition) is 3. The molecule has 1 atom stereocenters. The van der Waals surface area contributed by atoms with Gasteiger partial charge < -0.3 is 15.2 Å². The van der Waals surface area contributed by atoms with Crippen LogP contribution in [0.2, 0.25) is 0 Å². The summed E-state index contributed by atoms with van der Waals surface area (Å²) in [7, 11) is 0. The molecule has 0 spiro atoms. The van der Waals surface area contributed by atoms with Crippen molar-refractivity contribution in [3.8, 4) is 0 Å². The molecule has 8 heteroatoms. The van der Waals surface area contributed by atoms with Crippen molar-refractivity contribution < 1.29 is 32.6 Å². The minimum absolute atomic E-state index is 0.195. The second-order valence-electron chi connectivity index (χ2n) is 3.89. The predicted molar refractivity (Wildman–Crippen MR) is 66.5 cm³/mol. The van der Waals surface area contributed by atoms with E-state index in [1.54, 1.807) is 0 Å². The number of hydrogen-bond donors (Lipinski definition) is 2. The fourth-order valence-corrected chi connectivity index (χ4v) is 1.57. The Morgan fingerprint density at radius 2 is 2.00 bits per heavy atom. The van der Waals surface area contributed by atoms with Crippen LogP contribution in [-0.2, 0) is 15.7 Å². The highest BCUT2D eigenvalue weighted by molar-refractivity contribution is 5.81. The van der Waals surface area contributed by atoms with Gasteiger partial charge in [-0.05, 0) is 11.6 Å². The third kappa shape index (κ3) is 4.51. The Bertz CT molecular complexity index is 542. The molecule has 114 valence electrons. The van der Waals surface area contributed by atoms with Crippen LogP contribution in [0.15, 0.2) is 36.9 Å². The summed E-state index contributed by atoms with van der Waals surface area (Å²) in [6.07, 6.45) is -4.66. The van der Waals surface area contributed by atoms with E-state index in [0.717, 1.165) is 18.2 Å². The highest BCUT2D eigenvalue weighted by Crippen LogP contribution is 2.34. The van der Waals surface area contributed by atoms with Crippen LogP contribution >= 0.6 is 0 Å². The molecule has 0 aliphatic rings. The molecule has 5 nitrogen and oxygen atoms in total. The molecule has 0 radical (unpaired) electrons. The number of carbonyl (C=O) groups excluding carboxylic acids is 1. The van der Waals surface area contributed by atoms with Gasteiger partial charge >= 0.3 is 18.2 Å². The summed E-state index contributed by atoms with van der Waals surface area (Å²) in [6, 6.07) is 2.22. The van der Waals surface area contributed by atoms with Gasteiger partial charge in [-0.2, -0.15) is 13.2 Å². The van der Waals surface area contributed by atoms with Gasteiger partial charge in [0.1, 0.15) is 6.61 Å². The number of nitrogens with one attached hydrogen (secondary N) is 1. The molecule has 1 amide bonds. The van der Waals surface area contributed by atoms with Crippen LogP contribution in [0, 0.1) is 0 Å². The van der Waals surface area contributed by atoms with Gasteiger partial charge in [0.2, 0.25) is 0 Å². The summed E-state index contributed by atoms with van der Waals surface area (Å²) < 4.78 is 43.1. The first-order valence-corrected chi connectivity index (χ1v) is 5.70. The molecule has 0 fully saturated rings. The first kappa shape index (κ1) is 16.5. The number of carboxylic acid groups (broad SMARTS) is 1. The lowest BCUT2D eigenvalue weighted by Gasteiger charge is -2.19. The van der Waals surface area contributed by atoms with E-state index in [1.165, 1.54) is 12.1 Å².